The lowest BCUT2D eigenvalue weighted by atomic mass is 10.2. The van der Waals surface area contributed by atoms with Gasteiger partial charge in [0.2, 0.25) is 0 Å². The number of hydrogen-bond acceptors (Lipinski definition) is 2. The highest BCUT2D eigenvalue weighted by Gasteiger charge is 2.07. The van der Waals surface area contributed by atoms with E-state index in [1.165, 1.54) is 12.1 Å². The number of halogens is 1. The Morgan fingerprint density at radius 1 is 1.56 bits per heavy atom. The third kappa shape index (κ3) is 3.70. The minimum Gasteiger partial charge on any atom is -0.492 e. The van der Waals surface area contributed by atoms with Gasteiger partial charge < -0.3 is 9.84 Å². The third-order valence-electron chi connectivity index (χ3n) is 1.97. The number of hydrogen-bond donors (Lipinski definition) is 1. The molecule has 1 rings (SSSR count). The van der Waals surface area contributed by atoms with Crippen LogP contribution in [0.15, 0.2) is 34.8 Å². The van der Waals surface area contributed by atoms with E-state index in [4.69, 9.17) is 9.84 Å². The van der Waals surface area contributed by atoms with E-state index < -0.39 is 5.97 Å². The van der Waals surface area contributed by atoms with Gasteiger partial charge in [0.15, 0.2) is 0 Å². The van der Waals surface area contributed by atoms with Gasteiger partial charge in [-0.25, -0.2) is 4.79 Å². The molecule has 0 saturated carbocycles. The lowest BCUT2D eigenvalue weighted by Gasteiger charge is -2.08. The Bertz CT molecular complexity index is 413. The summed E-state index contributed by atoms with van der Waals surface area (Å²) in [6.45, 7) is 6.26. The summed E-state index contributed by atoms with van der Waals surface area (Å²) in [5.74, 6) is -0.305. The fourth-order valence-electron chi connectivity index (χ4n) is 1.09. The molecule has 3 nitrogen and oxygen atoms in total. The average Bonchev–Trinajstić information content (AvgIpc) is 2.19. The summed E-state index contributed by atoms with van der Waals surface area (Å²) in [5.41, 5.74) is 1.29. The lowest BCUT2D eigenvalue weighted by molar-refractivity contribution is 0.0697. The van der Waals surface area contributed by atoms with Crippen molar-refractivity contribution in [3.63, 3.8) is 0 Å². The monoisotopic (exact) mass is 284 g/mol. The molecule has 0 bridgehead atoms. The summed E-state index contributed by atoms with van der Waals surface area (Å²) in [4.78, 5) is 10.7. The van der Waals surface area contributed by atoms with Crippen molar-refractivity contribution in [2.45, 2.75) is 13.3 Å². The predicted molar refractivity (Wildman–Crippen MR) is 66.0 cm³/mol. The van der Waals surface area contributed by atoms with Crippen molar-refractivity contribution < 1.29 is 14.6 Å². The quantitative estimate of drug-likeness (QED) is 0.842. The third-order valence-corrected chi connectivity index (χ3v) is 2.58. The number of benzene rings is 1. The van der Waals surface area contributed by atoms with E-state index in [2.05, 4.69) is 22.5 Å². The van der Waals surface area contributed by atoms with Gasteiger partial charge in [-0.1, -0.05) is 5.57 Å². The summed E-state index contributed by atoms with van der Waals surface area (Å²) in [7, 11) is 0. The molecule has 0 unspecified atom stereocenters. The topological polar surface area (TPSA) is 46.5 Å². The Balaban J connectivity index is 2.68. The highest BCUT2D eigenvalue weighted by molar-refractivity contribution is 9.10. The highest BCUT2D eigenvalue weighted by Crippen LogP contribution is 2.26. The molecule has 0 amide bonds. The predicted octanol–water partition coefficient (Wildman–Crippen LogP) is 3.49. The molecule has 0 atom stereocenters. The van der Waals surface area contributed by atoms with Gasteiger partial charge in [0, 0.05) is 6.42 Å². The fraction of sp³-hybridized carbons (Fsp3) is 0.250. The molecular formula is C12H13BrO3. The van der Waals surface area contributed by atoms with Crippen molar-refractivity contribution in [1.82, 2.24) is 0 Å². The molecule has 0 aliphatic rings. The van der Waals surface area contributed by atoms with Crippen LogP contribution in [0.4, 0.5) is 0 Å². The van der Waals surface area contributed by atoms with Gasteiger partial charge in [-0.05, 0) is 41.1 Å². The average molecular weight is 285 g/mol. The first-order valence-corrected chi connectivity index (χ1v) is 5.60. The first-order valence-electron chi connectivity index (χ1n) is 4.80. The molecule has 16 heavy (non-hydrogen) atoms. The standard InChI is InChI=1S/C12H13BrO3/c1-8(2)5-6-16-11-4-3-9(12(14)15)7-10(11)13/h3-4,7H,1,5-6H2,2H3,(H,14,15). The Morgan fingerprint density at radius 2 is 2.25 bits per heavy atom. The van der Waals surface area contributed by atoms with E-state index in [1.54, 1.807) is 6.07 Å². The zero-order chi connectivity index (χ0) is 12.1. The van der Waals surface area contributed by atoms with Gasteiger partial charge >= 0.3 is 5.97 Å². The van der Waals surface area contributed by atoms with Gasteiger partial charge in [0.1, 0.15) is 5.75 Å². The number of carbonyl (C=O) groups is 1. The summed E-state index contributed by atoms with van der Waals surface area (Å²) in [6, 6.07) is 4.69. The summed E-state index contributed by atoms with van der Waals surface area (Å²) >= 11 is 3.27. The molecule has 1 N–H and O–H groups in total. The highest BCUT2D eigenvalue weighted by atomic mass is 79.9. The number of rotatable bonds is 5. The van der Waals surface area contributed by atoms with Crippen molar-refractivity contribution in [3.8, 4) is 5.75 Å². The number of carboxylic acids is 1. The van der Waals surface area contributed by atoms with E-state index >= 15 is 0 Å². The molecule has 4 heteroatoms. The van der Waals surface area contributed by atoms with E-state index in [9.17, 15) is 4.79 Å². The van der Waals surface area contributed by atoms with E-state index in [-0.39, 0.29) is 5.56 Å². The molecule has 1 aromatic carbocycles. The maximum atomic E-state index is 10.7. The second-order valence-electron chi connectivity index (χ2n) is 3.51. The van der Waals surface area contributed by atoms with Crippen molar-refractivity contribution in [2.24, 2.45) is 0 Å². The fourth-order valence-corrected chi connectivity index (χ4v) is 1.58. The molecule has 0 spiro atoms. The van der Waals surface area contributed by atoms with Crippen LogP contribution in [0.25, 0.3) is 0 Å². The summed E-state index contributed by atoms with van der Waals surface area (Å²) < 4.78 is 6.13. The minimum atomic E-state index is -0.950. The lowest BCUT2D eigenvalue weighted by Crippen LogP contribution is -2.00. The van der Waals surface area contributed by atoms with Gasteiger partial charge in [0.25, 0.3) is 0 Å². The Hall–Kier alpha value is -1.29. The molecule has 0 saturated heterocycles. The van der Waals surface area contributed by atoms with Crippen LogP contribution in [0.1, 0.15) is 23.7 Å². The Kier molecular flexibility index (Phi) is 4.55. The van der Waals surface area contributed by atoms with Gasteiger partial charge in [-0.15, -0.1) is 6.58 Å². The Labute approximate surface area is 103 Å². The molecule has 0 aromatic heterocycles. The van der Waals surface area contributed by atoms with Crippen molar-refractivity contribution >= 4 is 21.9 Å². The smallest absolute Gasteiger partial charge is 0.335 e. The number of ether oxygens (including phenoxy) is 1. The van der Waals surface area contributed by atoms with Crippen LogP contribution in [0, 0.1) is 0 Å². The van der Waals surface area contributed by atoms with Gasteiger partial charge in [-0.2, -0.15) is 0 Å². The SMILES string of the molecule is C=C(C)CCOc1ccc(C(=O)O)cc1Br. The zero-order valence-corrected chi connectivity index (χ0v) is 10.6. The maximum Gasteiger partial charge on any atom is 0.335 e. The zero-order valence-electron chi connectivity index (χ0n) is 9.00. The van der Waals surface area contributed by atoms with E-state index in [1.807, 2.05) is 6.92 Å². The van der Waals surface area contributed by atoms with E-state index in [0.717, 1.165) is 12.0 Å². The van der Waals surface area contributed by atoms with E-state index in [0.29, 0.717) is 16.8 Å². The van der Waals surface area contributed by atoms with Crippen LogP contribution < -0.4 is 4.74 Å². The van der Waals surface area contributed by atoms with Crippen molar-refractivity contribution in [3.05, 3.63) is 40.4 Å². The molecule has 86 valence electrons. The molecular weight excluding hydrogens is 272 g/mol. The summed E-state index contributed by atoms with van der Waals surface area (Å²) in [5, 5.41) is 8.78. The normalized spacial score (nSPS) is 9.88. The van der Waals surface area contributed by atoms with Crippen LogP contribution in [0.5, 0.6) is 5.75 Å². The molecule has 0 fully saturated rings. The first-order chi connectivity index (χ1) is 7.50. The molecule has 0 radical (unpaired) electrons. The van der Waals surface area contributed by atoms with Crippen molar-refractivity contribution in [2.75, 3.05) is 6.61 Å². The van der Waals surface area contributed by atoms with Crippen LogP contribution in [0.3, 0.4) is 0 Å². The summed E-state index contributed by atoms with van der Waals surface area (Å²) in [6.07, 6.45) is 0.785. The van der Waals surface area contributed by atoms with Crippen LogP contribution in [0.2, 0.25) is 0 Å². The Morgan fingerprint density at radius 3 is 2.75 bits per heavy atom. The molecule has 0 heterocycles. The molecule has 0 aliphatic heterocycles. The van der Waals surface area contributed by atoms with Crippen LogP contribution in [-0.4, -0.2) is 17.7 Å². The van der Waals surface area contributed by atoms with Crippen LogP contribution >= 0.6 is 15.9 Å². The first kappa shape index (κ1) is 12.8. The number of carboxylic acid groups (broad SMARTS) is 1. The number of aromatic carboxylic acids is 1. The van der Waals surface area contributed by atoms with Crippen molar-refractivity contribution in [1.29, 1.82) is 0 Å². The van der Waals surface area contributed by atoms with Gasteiger partial charge in [0.05, 0.1) is 16.6 Å². The minimum absolute atomic E-state index is 0.235. The molecule has 1 aromatic rings. The van der Waals surface area contributed by atoms with Crippen LogP contribution in [-0.2, 0) is 0 Å². The second-order valence-corrected chi connectivity index (χ2v) is 4.36. The molecule has 0 aliphatic carbocycles. The maximum absolute atomic E-state index is 10.7. The van der Waals surface area contributed by atoms with Gasteiger partial charge in [-0.3, -0.25) is 0 Å². The second kappa shape index (κ2) is 5.70. The largest absolute Gasteiger partial charge is 0.492 e.